The minimum absolute atomic E-state index is 0.154. The number of sulfone groups is 1. The van der Waals surface area contributed by atoms with Crippen molar-refractivity contribution >= 4 is 21.4 Å². The zero-order chi connectivity index (χ0) is 15.1. The van der Waals surface area contributed by atoms with Crippen LogP contribution in [-0.4, -0.2) is 31.9 Å². The van der Waals surface area contributed by atoms with E-state index in [0.717, 1.165) is 0 Å². The Morgan fingerprint density at radius 1 is 1.45 bits per heavy atom. The van der Waals surface area contributed by atoms with Gasteiger partial charge in [-0.3, -0.25) is 0 Å². The normalized spacial score (nSPS) is 25.2. The fraction of sp³-hybridized carbons (Fsp3) is 0.571. The van der Waals surface area contributed by atoms with E-state index < -0.39 is 9.84 Å². The Balaban J connectivity index is 2.19. The maximum atomic E-state index is 11.8. The molecule has 0 radical (unpaired) electrons. The summed E-state index contributed by atoms with van der Waals surface area (Å²) in [6, 6.07) is 5.05. The summed E-state index contributed by atoms with van der Waals surface area (Å²) >= 11 is 6.13. The monoisotopic (exact) mass is 317 g/mol. The molecule has 0 aliphatic heterocycles. The van der Waals surface area contributed by atoms with Gasteiger partial charge < -0.3 is 10.4 Å². The third kappa shape index (κ3) is 2.86. The summed E-state index contributed by atoms with van der Waals surface area (Å²) in [4.78, 5) is 0.259. The Hall–Kier alpha value is -0.620. The van der Waals surface area contributed by atoms with E-state index >= 15 is 0 Å². The van der Waals surface area contributed by atoms with Gasteiger partial charge in [0.1, 0.15) is 0 Å². The quantitative estimate of drug-likeness (QED) is 0.891. The SMILES string of the molecule is CC1(C)C(O)CC1NCc1c(Cl)cccc1S(C)(=O)=O. The molecule has 0 heterocycles. The van der Waals surface area contributed by atoms with E-state index in [-0.39, 0.29) is 22.5 Å². The first-order chi connectivity index (χ1) is 9.14. The lowest BCUT2D eigenvalue weighted by atomic mass is 9.64. The number of aliphatic hydroxyl groups is 1. The van der Waals surface area contributed by atoms with Crippen LogP contribution in [0.5, 0.6) is 0 Å². The molecule has 1 fully saturated rings. The molecule has 1 aliphatic rings. The second kappa shape index (κ2) is 5.30. The van der Waals surface area contributed by atoms with Crippen molar-refractivity contribution in [3.63, 3.8) is 0 Å². The van der Waals surface area contributed by atoms with Gasteiger partial charge in [0.15, 0.2) is 9.84 Å². The number of hydrogen-bond acceptors (Lipinski definition) is 4. The highest BCUT2D eigenvalue weighted by Crippen LogP contribution is 2.40. The topological polar surface area (TPSA) is 66.4 Å². The molecule has 2 atom stereocenters. The molecule has 1 aromatic rings. The lowest BCUT2D eigenvalue weighted by molar-refractivity contribution is -0.0730. The molecule has 20 heavy (non-hydrogen) atoms. The van der Waals surface area contributed by atoms with Gasteiger partial charge in [0.05, 0.1) is 11.0 Å². The Kier molecular flexibility index (Phi) is 4.17. The first kappa shape index (κ1) is 15.8. The minimum Gasteiger partial charge on any atom is -0.392 e. The fourth-order valence-electron chi connectivity index (χ4n) is 2.53. The highest BCUT2D eigenvalue weighted by atomic mass is 35.5. The van der Waals surface area contributed by atoms with Crippen molar-refractivity contribution in [2.45, 2.75) is 43.9 Å². The fourth-order valence-corrected chi connectivity index (χ4v) is 3.78. The first-order valence-electron chi connectivity index (χ1n) is 6.53. The van der Waals surface area contributed by atoms with Crippen LogP contribution >= 0.6 is 11.6 Å². The lowest BCUT2D eigenvalue weighted by Crippen LogP contribution is -2.59. The van der Waals surface area contributed by atoms with E-state index in [2.05, 4.69) is 5.32 Å². The number of halogens is 1. The molecular formula is C14H20ClNO3S. The van der Waals surface area contributed by atoms with Crippen LogP contribution in [0.2, 0.25) is 5.02 Å². The molecule has 0 bridgehead atoms. The predicted molar refractivity (Wildman–Crippen MR) is 79.6 cm³/mol. The summed E-state index contributed by atoms with van der Waals surface area (Å²) in [5, 5.41) is 13.5. The van der Waals surface area contributed by atoms with Crippen LogP contribution in [-0.2, 0) is 16.4 Å². The van der Waals surface area contributed by atoms with Crippen LogP contribution in [0.3, 0.4) is 0 Å². The van der Waals surface area contributed by atoms with Crippen molar-refractivity contribution < 1.29 is 13.5 Å². The predicted octanol–water partition coefficient (Wildman–Crippen LogP) is 1.99. The van der Waals surface area contributed by atoms with Gasteiger partial charge >= 0.3 is 0 Å². The molecule has 0 aromatic heterocycles. The van der Waals surface area contributed by atoms with Gasteiger partial charge in [0.2, 0.25) is 0 Å². The van der Waals surface area contributed by atoms with Gasteiger partial charge in [-0.25, -0.2) is 8.42 Å². The van der Waals surface area contributed by atoms with Crippen LogP contribution in [0.1, 0.15) is 25.8 Å². The van der Waals surface area contributed by atoms with Gasteiger partial charge in [-0.2, -0.15) is 0 Å². The molecule has 0 spiro atoms. The molecular weight excluding hydrogens is 298 g/mol. The second-order valence-electron chi connectivity index (χ2n) is 6.00. The van der Waals surface area contributed by atoms with Gasteiger partial charge in [-0.15, -0.1) is 0 Å². The highest BCUT2D eigenvalue weighted by Gasteiger charge is 2.46. The van der Waals surface area contributed by atoms with Crippen molar-refractivity contribution in [2.24, 2.45) is 5.41 Å². The molecule has 1 aromatic carbocycles. The summed E-state index contributed by atoms with van der Waals surface area (Å²) in [6.07, 6.45) is 1.53. The molecule has 112 valence electrons. The standard InChI is InChI=1S/C14H20ClNO3S/c1-14(2)12(7-13(14)17)16-8-9-10(15)5-4-6-11(9)20(3,18)19/h4-6,12-13,16-17H,7-8H2,1-3H3. The first-order valence-corrected chi connectivity index (χ1v) is 8.80. The molecule has 0 amide bonds. The summed E-state index contributed by atoms with van der Waals surface area (Å²) in [6.45, 7) is 4.36. The Bertz CT molecular complexity index is 613. The zero-order valence-electron chi connectivity index (χ0n) is 11.9. The maximum absolute atomic E-state index is 11.8. The second-order valence-corrected chi connectivity index (χ2v) is 8.39. The van der Waals surface area contributed by atoms with E-state index in [1.54, 1.807) is 18.2 Å². The van der Waals surface area contributed by atoms with Crippen LogP contribution in [0, 0.1) is 5.41 Å². The smallest absolute Gasteiger partial charge is 0.175 e. The molecule has 2 rings (SSSR count). The van der Waals surface area contributed by atoms with Crippen molar-refractivity contribution in [1.82, 2.24) is 5.32 Å². The molecule has 4 nitrogen and oxygen atoms in total. The third-order valence-electron chi connectivity index (χ3n) is 4.22. The summed E-state index contributed by atoms with van der Waals surface area (Å²) in [5.41, 5.74) is 0.390. The highest BCUT2D eigenvalue weighted by molar-refractivity contribution is 7.90. The van der Waals surface area contributed by atoms with Gasteiger partial charge in [-0.05, 0) is 18.6 Å². The number of rotatable bonds is 4. The zero-order valence-corrected chi connectivity index (χ0v) is 13.4. The van der Waals surface area contributed by atoms with E-state index in [1.807, 2.05) is 13.8 Å². The Morgan fingerprint density at radius 3 is 2.60 bits per heavy atom. The average molecular weight is 318 g/mol. The number of aliphatic hydroxyl groups excluding tert-OH is 1. The summed E-state index contributed by atoms with van der Waals surface area (Å²) < 4.78 is 23.6. The molecule has 6 heteroatoms. The summed E-state index contributed by atoms with van der Waals surface area (Å²) in [5.74, 6) is 0. The summed E-state index contributed by atoms with van der Waals surface area (Å²) in [7, 11) is -3.31. The lowest BCUT2D eigenvalue weighted by Gasteiger charge is -2.49. The third-order valence-corrected chi connectivity index (χ3v) is 5.75. The number of benzene rings is 1. The van der Waals surface area contributed by atoms with Crippen LogP contribution < -0.4 is 5.32 Å². The van der Waals surface area contributed by atoms with Crippen LogP contribution in [0.4, 0.5) is 0 Å². The van der Waals surface area contributed by atoms with Gasteiger partial charge in [0, 0.05) is 34.8 Å². The molecule has 2 unspecified atom stereocenters. The van der Waals surface area contributed by atoms with Crippen molar-refractivity contribution in [2.75, 3.05) is 6.26 Å². The minimum atomic E-state index is -3.31. The number of hydrogen-bond donors (Lipinski definition) is 2. The number of nitrogens with one attached hydrogen (secondary N) is 1. The van der Waals surface area contributed by atoms with E-state index in [1.165, 1.54) is 6.26 Å². The Morgan fingerprint density at radius 2 is 2.10 bits per heavy atom. The van der Waals surface area contributed by atoms with Gasteiger partial charge in [-0.1, -0.05) is 31.5 Å². The van der Waals surface area contributed by atoms with Crippen LogP contribution in [0.15, 0.2) is 23.1 Å². The van der Waals surface area contributed by atoms with Crippen LogP contribution in [0.25, 0.3) is 0 Å². The van der Waals surface area contributed by atoms with E-state index in [4.69, 9.17) is 11.6 Å². The molecule has 1 saturated carbocycles. The molecule has 2 N–H and O–H groups in total. The Labute approximate surface area is 125 Å². The van der Waals surface area contributed by atoms with E-state index in [0.29, 0.717) is 23.6 Å². The van der Waals surface area contributed by atoms with Gasteiger partial charge in [0.25, 0.3) is 0 Å². The van der Waals surface area contributed by atoms with Crippen molar-refractivity contribution in [3.8, 4) is 0 Å². The average Bonchev–Trinajstić information content (AvgIpc) is 2.34. The molecule has 1 aliphatic carbocycles. The maximum Gasteiger partial charge on any atom is 0.175 e. The van der Waals surface area contributed by atoms with Crippen molar-refractivity contribution in [1.29, 1.82) is 0 Å². The largest absolute Gasteiger partial charge is 0.392 e. The van der Waals surface area contributed by atoms with Crippen molar-refractivity contribution in [3.05, 3.63) is 28.8 Å². The molecule has 0 saturated heterocycles. The van der Waals surface area contributed by atoms with E-state index in [9.17, 15) is 13.5 Å².